The number of carbonyl (C=O) groups excluding carboxylic acids is 3. The molecule has 10 heteroatoms. The molecule has 1 aromatic carbocycles. The maximum Gasteiger partial charge on any atom is 0.243 e. The molecule has 2 rings (SSSR count). The largest absolute Gasteiger partial charge is 0.369 e. The first-order valence-corrected chi connectivity index (χ1v) is 10.4. The number of nitrogens with two attached hydrogens (primary N) is 1. The van der Waals surface area contributed by atoms with Crippen LogP contribution in [0.3, 0.4) is 0 Å². The molecule has 1 aromatic rings. The second-order valence-corrected chi connectivity index (χ2v) is 8.80. The summed E-state index contributed by atoms with van der Waals surface area (Å²) in [4.78, 5) is 35.3. The molecule has 3 N–H and O–H groups in total. The Kier molecular flexibility index (Phi) is 7.25. The summed E-state index contributed by atoms with van der Waals surface area (Å²) in [5.74, 6) is -2.47. The molecule has 1 aliphatic heterocycles. The molecule has 1 unspecified atom stereocenters. The number of primary amides is 1. The van der Waals surface area contributed by atoms with Gasteiger partial charge < -0.3 is 11.1 Å². The number of ketones is 1. The Labute approximate surface area is 163 Å². The summed E-state index contributed by atoms with van der Waals surface area (Å²) in [5.41, 5.74) is 5.15. The molecule has 0 saturated carbocycles. The third-order valence-corrected chi connectivity index (χ3v) is 6.52. The molecule has 1 aliphatic rings. The van der Waals surface area contributed by atoms with Crippen LogP contribution >= 0.6 is 0 Å². The Balaban J connectivity index is 2.01. The summed E-state index contributed by atoms with van der Waals surface area (Å²) >= 11 is 0. The van der Waals surface area contributed by atoms with Crippen LogP contribution in [0.4, 0.5) is 4.39 Å². The van der Waals surface area contributed by atoms with Crippen molar-refractivity contribution < 1.29 is 27.2 Å². The number of rotatable bonds is 7. The first kappa shape index (κ1) is 22.0. The standard InChI is InChI=1S/C18H24FN3O5S/c1-12(18(20)25)7-8-17(24)21-15-6-3-9-22(11-16(15)23)28(26,27)14-5-2-4-13(19)10-14/h2,4-5,10,12,15H,3,6-9,11H2,1H3,(H2,20,25)(H,21,24)/t12?,15-/m0/s1. The lowest BCUT2D eigenvalue weighted by atomic mass is 10.0. The summed E-state index contributed by atoms with van der Waals surface area (Å²) < 4.78 is 39.8. The summed E-state index contributed by atoms with van der Waals surface area (Å²) in [7, 11) is -4.02. The van der Waals surface area contributed by atoms with E-state index < -0.39 is 51.9 Å². The molecular formula is C18H24FN3O5S. The van der Waals surface area contributed by atoms with E-state index in [-0.39, 0.29) is 24.3 Å². The monoisotopic (exact) mass is 413 g/mol. The van der Waals surface area contributed by atoms with Gasteiger partial charge in [0.1, 0.15) is 5.82 Å². The molecule has 8 nitrogen and oxygen atoms in total. The van der Waals surface area contributed by atoms with Crippen molar-refractivity contribution in [2.75, 3.05) is 13.1 Å². The Morgan fingerprint density at radius 1 is 1.39 bits per heavy atom. The van der Waals surface area contributed by atoms with Gasteiger partial charge in [-0.2, -0.15) is 4.31 Å². The molecule has 2 amide bonds. The van der Waals surface area contributed by atoms with Crippen molar-refractivity contribution in [2.45, 2.75) is 43.5 Å². The number of Topliss-reactive ketones (excluding diaryl/α,β-unsaturated/α-hetero) is 1. The number of hydrogen-bond donors (Lipinski definition) is 2. The lowest BCUT2D eigenvalue weighted by molar-refractivity contribution is -0.128. The second-order valence-electron chi connectivity index (χ2n) is 6.87. The van der Waals surface area contributed by atoms with Crippen molar-refractivity contribution in [3.05, 3.63) is 30.1 Å². The van der Waals surface area contributed by atoms with E-state index in [0.717, 1.165) is 16.4 Å². The van der Waals surface area contributed by atoms with Gasteiger partial charge in [0.2, 0.25) is 21.8 Å². The number of amides is 2. The smallest absolute Gasteiger partial charge is 0.243 e. The van der Waals surface area contributed by atoms with Gasteiger partial charge in [0.15, 0.2) is 5.78 Å². The van der Waals surface area contributed by atoms with Gasteiger partial charge in [-0.1, -0.05) is 13.0 Å². The van der Waals surface area contributed by atoms with Crippen LogP contribution in [-0.2, 0) is 24.4 Å². The molecule has 0 spiro atoms. The van der Waals surface area contributed by atoms with Gasteiger partial charge in [-0.25, -0.2) is 12.8 Å². The quantitative estimate of drug-likeness (QED) is 0.676. The minimum Gasteiger partial charge on any atom is -0.369 e. The first-order valence-electron chi connectivity index (χ1n) is 8.98. The van der Waals surface area contributed by atoms with Crippen molar-refractivity contribution in [2.24, 2.45) is 11.7 Å². The summed E-state index contributed by atoms with van der Waals surface area (Å²) in [6.07, 6.45) is 0.968. The maximum atomic E-state index is 13.4. The highest BCUT2D eigenvalue weighted by Gasteiger charge is 2.33. The van der Waals surface area contributed by atoms with E-state index in [4.69, 9.17) is 5.73 Å². The van der Waals surface area contributed by atoms with Crippen molar-refractivity contribution >= 4 is 27.6 Å². The highest BCUT2D eigenvalue weighted by molar-refractivity contribution is 7.89. The van der Waals surface area contributed by atoms with Crippen molar-refractivity contribution in [1.29, 1.82) is 0 Å². The van der Waals surface area contributed by atoms with E-state index in [2.05, 4.69) is 5.32 Å². The van der Waals surface area contributed by atoms with E-state index in [9.17, 15) is 27.2 Å². The van der Waals surface area contributed by atoms with Crippen LogP contribution in [0.5, 0.6) is 0 Å². The molecule has 2 atom stereocenters. The predicted molar refractivity (Wildman–Crippen MR) is 98.9 cm³/mol. The van der Waals surface area contributed by atoms with Crippen LogP contribution < -0.4 is 11.1 Å². The van der Waals surface area contributed by atoms with Gasteiger partial charge in [0.05, 0.1) is 17.5 Å². The van der Waals surface area contributed by atoms with Gasteiger partial charge in [0.25, 0.3) is 0 Å². The Morgan fingerprint density at radius 3 is 2.75 bits per heavy atom. The Bertz CT molecular complexity index is 859. The fourth-order valence-corrected chi connectivity index (χ4v) is 4.36. The fourth-order valence-electron chi connectivity index (χ4n) is 2.89. The second kappa shape index (κ2) is 9.24. The molecule has 1 fully saturated rings. The van der Waals surface area contributed by atoms with Crippen LogP contribution in [0.2, 0.25) is 0 Å². The average Bonchev–Trinajstić information content (AvgIpc) is 2.81. The summed E-state index contributed by atoms with van der Waals surface area (Å²) in [5, 5.41) is 2.60. The summed E-state index contributed by atoms with van der Waals surface area (Å²) in [6, 6.07) is 3.80. The molecule has 0 bridgehead atoms. The predicted octanol–water partition coefficient (Wildman–Crippen LogP) is 0.566. The van der Waals surface area contributed by atoms with E-state index in [0.29, 0.717) is 12.8 Å². The zero-order chi connectivity index (χ0) is 20.9. The average molecular weight is 413 g/mol. The number of benzene rings is 1. The number of carbonyl (C=O) groups is 3. The number of nitrogens with one attached hydrogen (secondary N) is 1. The number of nitrogens with zero attached hydrogens (tertiary/aromatic N) is 1. The molecule has 1 heterocycles. The van der Waals surface area contributed by atoms with Crippen molar-refractivity contribution in [3.8, 4) is 0 Å². The van der Waals surface area contributed by atoms with Crippen LogP contribution in [0.1, 0.15) is 32.6 Å². The maximum absolute atomic E-state index is 13.4. The molecular weight excluding hydrogens is 389 g/mol. The molecule has 0 aromatic heterocycles. The molecule has 1 saturated heterocycles. The first-order chi connectivity index (χ1) is 13.1. The SMILES string of the molecule is CC(CCC(=O)N[C@H]1CCCN(S(=O)(=O)c2cccc(F)c2)CC1=O)C(N)=O. The highest BCUT2D eigenvalue weighted by Crippen LogP contribution is 2.20. The third-order valence-electron chi connectivity index (χ3n) is 4.68. The Hall–Kier alpha value is -2.33. The summed E-state index contributed by atoms with van der Waals surface area (Å²) in [6.45, 7) is 1.30. The highest BCUT2D eigenvalue weighted by atomic mass is 32.2. The number of sulfonamides is 1. The van der Waals surface area contributed by atoms with E-state index in [1.54, 1.807) is 6.92 Å². The third kappa shape index (κ3) is 5.59. The minimum absolute atomic E-state index is 0.0409. The normalized spacial score (nSPS) is 19.6. The lowest BCUT2D eigenvalue weighted by Gasteiger charge is -2.20. The topological polar surface area (TPSA) is 127 Å². The van der Waals surface area contributed by atoms with Crippen molar-refractivity contribution in [1.82, 2.24) is 9.62 Å². The zero-order valence-electron chi connectivity index (χ0n) is 15.6. The lowest BCUT2D eigenvalue weighted by Crippen LogP contribution is -2.44. The molecule has 154 valence electrons. The zero-order valence-corrected chi connectivity index (χ0v) is 16.4. The van der Waals surface area contributed by atoms with Crippen molar-refractivity contribution in [3.63, 3.8) is 0 Å². The van der Waals surface area contributed by atoms with Crippen LogP contribution in [0.15, 0.2) is 29.2 Å². The van der Waals surface area contributed by atoms with Gasteiger partial charge in [-0.3, -0.25) is 14.4 Å². The van der Waals surface area contributed by atoms with Crippen LogP contribution in [-0.4, -0.2) is 49.5 Å². The van der Waals surface area contributed by atoms with Gasteiger partial charge in [-0.15, -0.1) is 0 Å². The van der Waals surface area contributed by atoms with Gasteiger partial charge in [0, 0.05) is 18.9 Å². The molecule has 28 heavy (non-hydrogen) atoms. The number of halogens is 1. The van der Waals surface area contributed by atoms with E-state index >= 15 is 0 Å². The molecule has 0 radical (unpaired) electrons. The van der Waals surface area contributed by atoms with Crippen LogP contribution in [0.25, 0.3) is 0 Å². The van der Waals surface area contributed by atoms with Gasteiger partial charge in [-0.05, 0) is 37.5 Å². The fraction of sp³-hybridized carbons (Fsp3) is 0.500. The number of hydrogen-bond acceptors (Lipinski definition) is 5. The van der Waals surface area contributed by atoms with E-state index in [1.807, 2.05) is 0 Å². The van der Waals surface area contributed by atoms with Crippen LogP contribution in [0, 0.1) is 11.7 Å². The Morgan fingerprint density at radius 2 is 2.11 bits per heavy atom. The van der Waals surface area contributed by atoms with E-state index in [1.165, 1.54) is 12.1 Å². The molecule has 0 aliphatic carbocycles. The van der Waals surface area contributed by atoms with Gasteiger partial charge >= 0.3 is 0 Å². The minimum atomic E-state index is -4.02.